The molecule has 100 valence electrons. The molecule has 0 aliphatic rings. The van der Waals surface area contributed by atoms with E-state index >= 15 is 0 Å². The maximum atomic E-state index is 12.1. The minimum absolute atomic E-state index is 0.0274. The van der Waals surface area contributed by atoms with Gasteiger partial charge in [0, 0.05) is 19.3 Å². The van der Waals surface area contributed by atoms with Crippen LogP contribution in [0.1, 0.15) is 12.6 Å². The molecule has 8 heteroatoms. The standard InChI is InChI=1S/C10H15N3O3S2/c1-7(6-16-2)13-18(14,15)8-4-3-5-12-9(8)10(11)17/h3-5,7,13H,6H2,1-2H3,(H2,11,17). The fourth-order valence-corrected chi connectivity index (χ4v) is 3.03. The van der Waals surface area contributed by atoms with Gasteiger partial charge in [0.05, 0.1) is 6.61 Å². The summed E-state index contributed by atoms with van der Waals surface area (Å²) in [7, 11) is -2.22. The van der Waals surface area contributed by atoms with Crippen LogP contribution in [0.4, 0.5) is 0 Å². The first kappa shape index (κ1) is 15.0. The molecule has 18 heavy (non-hydrogen) atoms. The van der Waals surface area contributed by atoms with E-state index in [0.717, 1.165) is 0 Å². The maximum Gasteiger partial charge on any atom is 0.243 e. The third kappa shape index (κ3) is 3.70. The van der Waals surface area contributed by atoms with Crippen LogP contribution in [0.2, 0.25) is 0 Å². The average Bonchev–Trinajstić information content (AvgIpc) is 2.28. The molecule has 1 rings (SSSR count). The molecule has 0 fully saturated rings. The van der Waals surface area contributed by atoms with Gasteiger partial charge >= 0.3 is 0 Å². The van der Waals surface area contributed by atoms with Crippen molar-refractivity contribution in [2.75, 3.05) is 13.7 Å². The van der Waals surface area contributed by atoms with Crippen molar-refractivity contribution in [3.63, 3.8) is 0 Å². The van der Waals surface area contributed by atoms with Crippen molar-refractivity contribution >= 4 is 27.2 Å². The third-order valence-electron chi connectivity index (χ3n) is 2.07. The molecule has 0 spiro atoms. The number of pyridine rings is 1. The van der Waals surface area contributed by atoms with Crippen molar-refractivity contribution in [1.82, 2.24) is 9.71 Å². The Hall–Kier alpha value is -1.09. The highest BCUT2D eigenvalue weighted by molar-refractivity contribution is 7.89. The number of nitrogens with one attached hydrogen (secondary N) is 1. The lowest BCUT2D eigenvalue weighted by Crippen LogP contribution is -2.36. The molecule has 0 aromatic carbocycles. The first-order valence-electron chi connectivity index (χ1n) is 5.14. The molecule has 0 radical (unpaired) electrons. The van der Waals surface area contributed by atoms with Gasteiger partial charge in [0.15, 0.2) is 0 Å². The second-order valence-corrected chi connectivity index (χ2v) is 5.81. The quantitative estimate of drug-likeness (QED) is 0.718. The lowest BCUT2D eigenvalue weighted by Gasteiger charge is -2.14. The molecule has 3 N–H and O–H groups in total. The van der Waals surface area contributed by atoms with Crippen molar-refractivity contribution in [1.29, 1.82) is 0 Å². The lowest BCUT2D eigenvalue weighted by molar-refractivity contribution is 0.180. The summed E-state index contributed by atoms with van der Waals surface area (Å²) < 4.78 is 31.6. The van der Waals surface area contributed by atoms with Gasteiger partial charge in [-0.3, -0.25) is 4.98 Å². The first-order chi connectivity index (χ1) is 8.38. The van der Waals surface area contributed by atoms with E-state index in [1.54, 1.807) is 6.92 Å². The summed E-state index contributed by atoms with van der Waals surface area (Å²) in [6.07, 6.45) is 1.44. The van der Waals surface area contributed by atoms with Crippen LogP contribution in [-0.4, -0.2) is 38.1 Å². The number of thiocarbonyl (C=S) groups is 1. The summed E-state index contributed by atoms with van der Waals surface area (Å²) in [6, 6.07) is 2.56. The summed E-state index contributed by atoms with van der Waals surface area (Å²) in [6.45, 7) is 1.96. The molecule has 0 saturated heterocycles. The molecule has 0 bridgehead atoms. The second kappa shape index (κ2) is 6.19. The zero-order chi connectivity index (χ0) is 13.8. The van der Waals surface area contributed by atoms with Crippen molar-refractivity contribution in [3.05, 3.63) is 24.0 Å². The molecule has 0 saturated carbocycles. The predicted octanol–water partition coefficient (Wildman–Crippen LogP) is 0.0290. The van der Waals surface area contributed by atoms with Crippen molar-refractivity contribution < 1.29 is 13.2 Å². The molecular formula is C10H15N3O3S2. The van der Waals surface area contributed by atoms with E-state index in [4.69, 9.17) is 22.7 Å². The molecule has 1 aromatic rings. The van der Waals surface area contributed by atoms with Crippen LogP contribution in [0.15, 0.2) is 23.2 Å². The Morgan fingerprint density at radius 3 is 2.89 bits per heavy atom. The van der Waals surface area contributed by atoms with Gasteiger partial charge in [0.1, 0.15) is 15.6 Å². The average molecular weight is 289 g/mol. The number of aromatic nitrogens is 1. The highest BCUT2D eigenvalue weighted by Gasteiger charge is 2.22. The van der Waals surface area contributed by atoms with Crippen LogP contribution in [0.25, 0.3) is 0 Å². The number of nitrogens with two attached hydrogens (primary N) is 1. The largest absolute Gasteiger partial charge is 0.388 e. The van der Waals surface area contributed by atoms with E-state index in [1.807, 2.05) is 0 Å². The highest BCUT2D eigenvalue weighted by Crippen LogP contribution is 2.13. The molecular weight excluding hydrogens is 274 g/mol. The van der Waals surface area contributed by atoms with E-state index in [-0.39, 0.29) is 28.2 Å². The van der Waals surface area contributed by atoms with Gasteiger partial charge in [-0.1, -0.05) is 12.2 Å². The van der Waals surface area contributed by atoms with Crippen LogP contribution < -0.4 is 10.5 Å². The Bertz CT molecular complexity index is 531. The number of hydrogen-bond acceptors (Lipinski definition) is 5. The summed E-state index contributed by atoms with van der Waals surface area (Å²) >= 11 is 4.78. The lowest BCUT2D eigenvalue weighted by atomic mass is 10.3. The Kier molecular flexibility index (Phi) is 5.15. The minimum atomic E-state index is -3.72. The van der Waals surface area contributed by atoms with E-state index in [2.05, 4.69) is 9.71 Å². The van der Waals surface area contributed by atoms with Crippen LogP contribution in [0.5, 0.6) is 0 Å². The summed E-state index contributed by atoms with van der Waals surface area (Å²) in [5.41, 5.74) is 5.54. The fraction of sp³-hybridized carbons (Fsp3) is 0.400. The Labute approximate surface area is 112 Å². The van der Waals surface area contributed by atoms with Gasteiger partial charge in [-0.2, -0.15) is 0 Å². The zero-order valence-corrected chi connectivity index (χ0v) is 11.7. The topological polar surface area (TPSA) is 94.3 Å². The summed E-state index contributed by atoms with van der Waals surface area (Å²) in [5.74, 6) is 0. The molecule has 1 unspecified atom stereocenters. The van der Waals surface area contributed by atoms with Gasteiger partial charge < -0.3 is 10.5 Å². The van der Waals surface area contributed by atoms with Gasteiger partial charge in [-0.05, 0) is 19.1 Å². The number of nitrogens with zero attached hydrogens (tertiary/aromatic N) is 1. The van der Waals surface area contributed by atoms with Crippen LogP contribution in [-0.2, 0) is 14.8 Å². The molecule has 1 heterocycles. The van der Waals surface area contributed by atoms with Gasteiger partial charge in [-0.15, -0.1) is 0 Å². The fourth-order valence-electron chi connectivity index (χ4n) is 1.40. The Morgan fingerprint density at radius 1 is 1.67 bits per heavy atom. The van der Waals surface area contributed by atoms with Crippen LogP contribution >= 0.6 is 12.2 Å². The summed E-state index contributed by atoms with van der Waals surface area (Å²) in [5, 5.41) is 0. The van der Waals surface area contributed by atoms with E-state index in [1.165, 1.54) is 25.4 Å². The monoisotopic (exact) mass is 289 g/mol. The van der Waals surface area contributed by atoms with Gasteiger partial charge in [-0.25, -0.2) is 13.1 Å². The van der Waals surface area contributed by atoms with E-state index in [9.17, 15) is 8.42 Å². The molecule has 1 aromatic heterocycles. The van der Waals surface area contributed by atoms with Crippen molar-refractivity contribution in [2.45, 2.75) is 17.9 Å². The second-order valence-electron chi connectivity index (χ2n) is 3.69. The number of rotatable bonds is 6. The zero-order valence-electron chi connectivity index (χ0n) is 10.1. The van der Waals surface area contributed by atoms with Gasteiger partial charge in [0.2, 0.25) is 10.0 Å². The van der Waals surface area contributed by atoms with Crippen LogP contribution in [0.3, 0.4) is 0 Å². The molecule has 0 amide bonds. The highest BCUT2D eigenvalue weighted by atomic mass is 32.2. The molecule has 1 atom stereocenters. The number of sulfonamides is 1. The van der Waals surface area contributed by atoms with E-state index in [0.29, 0.717) is 0 Å². The third-order valence-corrected chi connectivity index (χ3v) is 3.88. The molecule has 0 aliphatic carbocycles. The molecule has 6 nitrogen and oxygen atoms in total. The Morgan fingerprint density at radius 2 is 2.33 bits per heavy atom. The van der Waals surface area contributed by atoms with Crippen molar-refractivity contribution in [2.24, 2.45) is 5.73 Å². The normalized spacial score (nSPS) is 13.2. The number of hydrogen-bond donors (Lipinski definition) is 2. The van der Waals surface area contributed by atoms with Crippen LogP contribution in [0, 0.1) is 0 Å². The first-order valence-corrected chi connectivity index (χ1v) is 7.03. The number of ether oxygens (including phenoxy) is 1. The SMILES string of the molecule is COCC(C)NS(=O)(=O)c1cccnc1C(N)=S. The predicted molar refractivity (Wildman–Crippen MR) is 71.8 cm³/mol. The smallest absolute Gasteiger partial charge is 0.243 e. The maximum absolute atomic E-state index is 12.1. The van der Waals surface area contributed by atoms with E-state index < -0.39 is 10.0 Å². The van der Waals surface area contributed by atoms with Gasteiger partial charge in [0.25, 0.3) is 0 Å². The number of methoxy groups -OCH3 is 1. The van der Waals surface area contributed by atoms with Crippen molar-refractivity contribution in [3.8, 4) is 0 Å². The Balaban J connectivity index is 3.09. The molecule has 0 aliphatic heterocycles. The minimum Gasteiger partial charge on any atom is -0.388 e. The summed E-state index contributed by atoms with van der Waals surface area (Å²) in [4.78, 5) is 3.79.